The fourth-order valence-electron chi connectivity index (χ4n) is 1.29. The van der Waals surface area contributed by atoms with E-state index in [1.807, 2.05) is 0 Å². The van der Waals surface area contributed by atoms with Gasteiger partial charge in [0.1, 0.15) is 0 Å². The molecule has 0 bridgehead atoms. The van der Waals surface area contributed by atoms with Gasteiger partial charge in [-0.25, -0.2) is 0 Å². The van der Waals surface area contributed by atoms with Gasteiger partial charge in [0, 0.05) is 19.0 Å². The highest BCUT2D eigenvalue weighted by molar-refractivity contribution is 7.80. The normalized spacial score (nSPS) is 15.8. The van der Waals surface area contributed by atoms with Crippen molar-refractivity contribution in [2.24, 2.45) is 17.6 Å². The molecule has 0 aliphatic rings. The molecule has 0 rings (SSSR count). The van der Waals surface area contributed by atoms with Crippen LogP contribution in [0.25, 0.3) is 0 Å². The van der Waals surface area contributed by atoms with Crippen molar-refractivity contribution in [2.75, 3.05) is 20.1 Å². The fraction of sp³-hybridized carbons (Fsp3) is 0.900. The third kappa shape index (κ3) is 5.99. The fourth-order valence-corrected chi connectivity index (χ4v) is 1.37. The van der Waals surface area contributed by atoms with Crippen LogP contribution in [0.3, 0.4) is 0 Å². The Balaban J connectivity index is 3.73. The number of hydrogen-bond acceptors (Lipinski definition) is 2. The van der Waals surface area contributed by atoms with Crippen LogP contribution >= 0.6 is 12.2 Å². The van der Waals surface area contributed by atoms with Gasteiger partial charge in [-0.1, -0.05) is 39.4 Å². The molecule has 0 aliphatic heterocycles. The van der Waals surface area contributed by atoms with E-state index in [0.29, 0.717) is 10.9 Å². The molecular weight excluding hydrogens is 180 g/mol. The molecule has 2 N–H and O–H groups in total. The standard InChI is InChI=1S/C10H22N2S/c1-5-8(2)6-12(4)7-9(3)10(11)13/h8-9H,5-7H2,1-4H3,(H2,11,13). The molecule has 0 amide bonds. The lowest BCUT2D eigenvalue weighted by Crippen LogP contribution is -2.33. The largest absolute Gasteiger partial charge is 0.393 e. The quantitative estimate of drug-likeness (QED) is 0.667. The summed E-state index contributed by atoms with van der Waals surface area (Å²) in [5.41, 5.74) is 5.55. The highest BCUT2D eigenvalue weighted by atomic mass is 32.1. The van der Waals surface area contributed by atoms with Crippen LogP contribution in [0.2, 0.25) is 0 Å². The second kappa shape index (κ2) is 6.33. The predicted molar refractivity (Wildman–Crippen MR) is 62.9 cm³/mol. The first kappa shape index (κ1) is 12.8. The number of hydrogen-bond donors (Lipinski definition) is 1. The molecule has 3 heteroatoms. The van der Waals surface area contributed by atoms with Crippen LogP contribution in [0, 0.1) is 11.8 Å². The summed E-state index contributed by atoms with van der Waals surface area (Å²) in [5.74, 6) is 1.08. The van der Waals surface area contributed by atoms with Gasteiger partial charge in [0.05, 0.1) is 4.99 Å². The zero-order valence-electron chi connectivity index (χ0n) is 9.21. The van der Waals surface area contributed by atoms with Crippen LogP contribution < -0.4 is 5.73 Å². The second-order valence-electron chi connectivity index (χ2n) is 4.04. The average Bonchev–Trinajstić information content (AvgIpc) is 2.03. The molecule has 0 saturated carbocycles. The second-order valence-corrected chi connectivity index (χ2v) is 4.51. The Labute approximate surface area is 87.5 Å². The van der Waals surface area contributed by atoms with Crippen molar-refractivity contribution in [1.29, 1.82) is 0 Å². The minimum Gasteiger partial charge on any atom is -0.393 e. The van der Waals surface area contributed by atoms with Gasteiger partial charge in [0.25, 0.3) is 0 Å². The highest BCUT2D eigenvalue weighted by Gasteiger charge is 2.10. The molecule has 0 heterocycles. The molecule has 2 nitrogen and oxygen atoms in total. The Morgan fingerprint density at radius 3 is 2.31 bits per heavy atom. The SMILES string of the molecule is CCC(C)CN(C)CC(C)C(N)=S. The lowest BCUT2D eigenvalue weighted by atomic mass is 10.1. The van der Waals surface area contributed by atoms with Crippen LogP contribution in [0.15, 0.2) is 0 Å². The molecule has 0 aromatic carbocycles. The Bertz CT molecular complexity index is 159. The van der Waals surface area contributed by atoms with Crippen molar-refractivity contribution in [3.63, 3.8) is 0 Å². The molecule has 0 fully saturated rings. The first-order valence-corrected chi connectivity index (χ1v) is 5.36. The lowest BCUT2D eigenvalue weighted by Gasteiger charge is -2.23. The molecule has 0 aromatic heterocycles. The molecule has 13 heavy (non-hydrogen) atoms. The van der Waals surface area contributed by atoms with Gasteiger partial charge in [-0.15, -0.1) is 0 Å². The first-order chi connectivity index (χ1) is 5.97. The third-order valence-electron chi connectivity index (χ3n) is 2.39. The van der Waals surface area contributed by atoms with E-state index in [1.165, 1.54) is 6.42 Å². The van der Waals surface area contributed by atoms with E-state index in [-0.39, 0.29) is 0 Å². The van der Waals surface area contributed by atoms with Gasteiger partial charge >= 0.3 is 0 Å². The van der Waals surface area contributed by atoms with Crippen LogP contribution in [-0.4, -0.2) is 30.0 Å². The van der Waals surface area contributed by atoms with Gasteiger partial charge in [0.15, 0.2) is 0 Å². The van der Waals surface area contributed by atoms with E-state index in [4.69, 9.17) is 18.0 Å². The van der Waals surface area contributed by atoms with Crippen molar-refractivity contribution < 1.29 is 0 Å². The van der Waals surface area contributed by atoms with Crippen LogP contribution in [0.4, 0.5) is 0 Å². The monoisotopic (exact) mass is 202 g/mol. The maximum Gasteiger partial charge on any atom is 0.0768 e. The third-order valence-corrected chi connectivity index (χ3v) is 2.79. The van der Waals surface area contributed by atoms with Crippen molar-refractivity contribution in [1.82, 2.24) is 4.90 Å². The summed E-state index contributed by atoms with van der Waals surface area (Å²) in [4.78, 5) is 2.92. The summed E-state index contributed by atoms with van der Waals surface area (Å²) < 4.78 is 0. The lowest BCUT2D eigenvalue weighted by molar-refractivity contribution is 0.269. The van der Waals surface area contributed by atoms with E-state index in [0.717, 1.165) is 19.0 Å². The van der Waals surface area contributed by atoms with Gasteiger partial charge in [-0.2, -0.15) is 0 Å². The number of nitrogens with zero attached hydrogens (tertiary/aromatic N) is 1. The zero-order valence-corrected chi connectivity index (χ0v) is 10.0. The highest BCUT2D eigenvalue weighted by Crippen LogP contribution is 2.05. The molecule has 0 saturated heterocycles. The summed E-state index contributed by atoms with van der Waals surface area (Å²) >= 11 is 4.93. The summed E-state index contributed by atoms with van der Waals surface area (Å²) in [5, 5.41) is 0. The Morgan fingerprint density at radius 2 is 1.92 bits per heavy atom. The zero-order chi connectivity index (χ0) is 10.4. The smallest absolute Gasteiger partial charge is 0.0768 e. The van der Waals surface area contributed by atoms with E-state index < -0.39 is 0 Å². The van der Waals surface area contributed by atoms with E-state index in [2.05, 4.69) is 32.7 Å². The molecular formula is C10H22N2S. The summed E-state index contributed by atoms with van der Waals surface area (Å²) in [6.07, 6.45) is 1.23. The number of thiocarbonyl (C=S) groups is 1. The van der Waals surface area contributed by atoms with Crippen LogP contribution in [0.5, 0.6) is 0 Å². The molecule has 2 unspecified atom stereocenters. The van der Waals surface area contributed by atoms with Gasteiger partial charge in [0.2, 0.25) is 0 Å². The maximum atomic E-state index is 5.55. The van der Waals surface area contributed by atoms with E-state index in [9.17, 15) is 0 Å². The molecule has 0 aromatic rings. The molecule has 0 radical (unpaired) electrons. The van der Waals surface area contributed by atoms with Gasteiger partial charge < -0.3 is 10.6 Å². The average molecular weight is 202 g/mol. The molecule has 78 valence electrons. The summed E-state index contributed by atoms with van der Waals surface area (Å²) in [7, 11) is 2.13. The van der Waals surface area contributed by atoms with Crippen molar-refractivity contribution in [2.45, 2.75) is 27.2 Å². The Kier molecular flexibility index (Phi) is 6.25. The summed E-state index contributed by atoms with van der Waals surface area (Å²) in [6.45, 7) is 8.66. The summed E-state index contributed by atoms with van der Waals surface area (Å²) in [6, 6.07) is 0. The molecule has 2 atom stereocenters. The predicted octanol–water partition coefficient (Wildman–Crippen LogP) is 1.89. The van der Waals surface area contributed by atoms with Crippen molar-refractivity contribution >= 4 is 17.2 Å². The van der Waals surface area contributed by atoms with Crippen molar-refractivity contribution in [3.05, 3.63) is 0 Å². The topological polar surface area (TPSA) is 29.3 Å². The molecule has 0 aliphatic carbocycles. The first-order valence-electron chi connectivity index (χ1n) is 4.95. The van der Waals surface area contributed by atoms with Crippen LogP contribution in [-0.2, 0) is 0 Å². The van der Waals surface area contributed by atoms with E-state index in [1.54, 1.807) is 0 Å². The maximum absolute atomic E-state index is 5.55. The Hall–Kier alpha value is -0.150. The van der Waals surface area contributed by atoms with E-state index >= 15 is 0 Å². The van der Waals surface area contributed by atoms with Gasteiger partial charge in [-0.05, 0) is 13.0 Å². The number of nitrogens with two attached hydrogens (primary N) is 1. The minimum atomic E-state index is 0.323. The molecule has 0 spiro atoms. The minimum absolute atomic E-state index is 0.323. The van der Waals surface area contributed by atoms with Crippen molar-refractivity contribution in [3.8, 4) is 0 Å². The number of rotatable bonds is 6. The van der Waals surface area contributed by atoms with Crippen LogP contribution in [0.1, 0.15) is 27.2 Å². The Morgan fingerprint density at radius 1 is 1.38 bits per heavy atom. The van der Waals surface area contributed by atoms with Gasteiger partial charge in [-0.3, -0.25) is 0 Å².